The fraction of sp³-hybridized carbons (Fsp3) is 0.837. The third-order valence-electron chi connectivity index (χ3n) is 14.4. The minimum Gasteiger partial charge on any atom is -0.498 e. The Balaban J connectivity index is 0.842. The molecule has 0 aromatic rings. The van der Waals surface area contributed by atoms with E-state index < -0.39 is 0 Å². The molecule has 0 aromatic carbocycles. The molecule has 5 fully saturated rings. The first-order chi connectivity index (χ1) is 26.1. The van der Waals surface area contributed by atoms with E-state index in [2.05, 4.69) is 34.8 Å². The van der Waals surface area contributed by atoms with Crippen LogP contribution >= 0.6 is 12.6 Å². The predicted octanol–water partition coefficient (Wildman–Crippen LogP) is 6.89. The number of unbranched alkanes of at least 4 members (excludes halogenated alkanes) is 2. The minimum absolute atomic E-state index is 0.0785. The van der Waals surface area contributed by atoms with E-state index in [1.165, 1.54) is 38.5 Å². The molecule has 4 heterocycles. The number of amides is 2. The van der Waals surface area contributed by atoms with Gasteiger partial charge in [0.15, 0.2) is 0 Å². The lowest BCUT2D eigenvalue weighted by atomic mass is 9.82. The summed E-state index contributed by atoms with van der Waals surface area (Å²) in [7, 11) is 3.43. The summed E-state index contributed by atoms with van der Waals surface area (Å²) in [6.45, 7) is 7.33. The molecule has 8 rings (SSSR count). The fourth-order valence-electron chi connectivity index (χ4n) is 12.0. The van der Waals surface area contributed by atoms with Gasteiger partial charge in [-0.3, -0.25) is 19.5 Å². The monoisotopic (exact) mass is 766 g/mol. The van der Waals surface area contributed by atoms with E-state index in [0.717, 1.165) is 81.1 Å². The number of allylic oxidation sites excluding steroid dienone is 2. The zero-order chi connectivity index (χ0) is 37.6. The van der Waals surface area contributed by atoms with E-state index in [0.29, 0.717) is 74.8 Å². The summed E-state index contributed by atoms with van der Waals surface area (Å²) in [6, 6.07) is 1.24. The Morgan fingerprint density at radius 3 is 1.98 bits per heavy atom. The summed E-state index contributed by atoms with van der Waals surface area (Å²) in [4.78, 5) is 40.5. The first kappa shape index (κ1) is 38.5. The van der Waals surface area contributed by atoms with Crippen LogP contribution in [0.25, 0.3) is 0 Å². The lowest BCUT2D eigenvalue weighted by molar-refractivity contribution is -0.140. The molecule has 11 heteroatoms. The maximum absolute atomic E-state index is 14.4. The van der Waals surface area contributed by atoms with Crippen molar-refractivity contribution >= 4 is 30.7 Å². The van der Waals surface area contributed by atoms with E-state index >= 15 is 0 Å². The Hall–Kier alpha value is -2.40. The number of ether oxygens (including phenoxy) is 4. The van der Waals surface area contributed by atoms with Gasteiger partial charge in [0.2, 0.25) is 11.8 Å². The molecule has 0 bridgehead atoms. The third kappa shape index (κ3) is 7.67. The van der Waals surface area contributed by atoms with Crippen LogP contribution in [-0.4, -0.2) is 114 Å². The van der Waals surface area contributed by atoms with Crippen molar-refractivity contribution in [2.75, 3.05) is 40.5 Å². The maximum Gasteiger partial charge on any atom is 0.229 e. The summed E-state index contributed by atoms with van der Waals surface area (Å²) >= 11 is 4.96. The smallest absolute Gasteiger partial charge is 0.229 e. The summed E-state index contributed by atoms with van der Waals surface area (Å²) in [5.41, 5.74) is 0. The van der Waals surface area contributed by atoms with Crippen molar-refractivity contribution in [3.63, 3.8) is 0 Å². The quantitative estimate of drug-likeness (QED) is 0.171. The average molecular weight is 767 g/mol. The molecule has 3 saturated heterocycles. The highest BCUT2D eigenvalue weighted by Gasteiger charge is 2.53. The van der Waals surface area contributed by atoms with Crippen molar-refractivity contribution in [3.05, 3.63) is 23.0 Å². The SMILES string of the molecule is COC1=C(OCCCCCOC2=C(OC)C[C@@H]3C(=O)N4C(C=N[C@@H]3C2)CC2CCCC[C@H]24)CC2[C@@H](C1)C(=O)N1C3CCCC[C@H]3C[C@H]1CN2CC(C)(C)S. The highest BCUT2D eigenvalue weighted by molar-refractivity contribution is 7.81. The molecule has 10 atom stereocenters. The summed E-state index contributed by atoms with van der Waals surface area (Å²) in [5.74, 6) is 5.02. The van der Waals surface area contributed by atoms with Gasteiger partial charge in [-0.2, -0.15) is 12.6 Å². The zero-order valence-electron chi connectivity index (χ0n) is 33.4. The molecule has 2 amide bonds. The van der Waals surface area contributed by atoms with Crippen LogP contribution in [0.1, 0.15) is 123 Å². The second kappa shape index (κ2) is 16.2. The molecule has 4 unspecified atom stereocenters. The number of rotatable bonds is 12. The second-order valence-corrected chi connectivity index (χ2v) is 19.7. The van der Waals surface area contributed by atoms with Crippen molar-refractivity contribution in [1.82, 2.24) is 14.7 Å². The Morgan fingerprint density at radius 1 is 0.722 bits per heavy atom. The van der Waals surface area contributed by atoms with E-state index in [4.69, 9.17) is 36.6 Å². The second-order valence-electron chi connectivity index (χ2n) is 18.5. The third-order valence-corrected chi connectivity index (χ3v) is 14.5. The van der Waals surface area contributed by atoms with Crippen LogP contribution < -0.4 is 0 Å². The van der Waals surface area contributed by atoms with Crippen LogP contribution in [0, 0.1) is 23.7 Å². The number of nitrogens with zero attached hydrogens (tertiary/aromatic N) is 4. The maximum atomic E-state index is 14.4. The lowest BCUT2D eigenvalue weighted by Gasteiger charge is -2.41. The molecule has 4 aliphatic heterocycles. The molecule has 10 nitrogen and oxygen atoms in total. The number of carbonyl (C=O) groups excluding carboxylic acids is 2. The van der Waals surface area contributed by atoms with Gasteiger partial charge in [-0.1, -0.05) is 25.7 Å². The zero-order valence-corrected chi connectivity index (χ0v) is 34.3. The lowest BCUT2D eigenvalue weighted by Crippen LogP contribution is -2.50. The van der Waals surface area contributed by atoms with Crippen LogP contribution in [-0.2, 0) is 28.5 Å². The van der Waals surface area contributed by atoms with Gasteiger partial charge in [0, 0.05) is 73.9 Å². The highest BCUT2D eigenvalue weighted by Crippen LogP contribution is 2.47. The van der Waals surface area contributed by atoms with Crippen molar-refractivity contribution in [2.45, 2.75) is 164 Å². The predicted molar refractivity (Wildman–Crippen MR) is 212 cm³/mol. The Kier molecular flexibility index (Phi) is 11.6. The van der Waals surface area contributed by atoms with Crippen LogP contribution in [0.4, 0.5) is 0 Å². The molecule has 54 heavy (non-hydrogen) atoms. The standard InChI is InChI=1S/C43H66N4O6S/c1-43(2,54)26-45-25-30-19-28-13-7-9-15-35(28)47(30)42(49)32-21-38(51-4)40(23-36(32)45)53-17-11-5-10-16-52-39-22-33-31(20-37(39)50-3)41(48)46-29(24-44-33)18-27-12-6-8-14-34(27)46/h24,27-36,54H,5-23,25-26H2,1-4H3/t27?,28-,29?,30-,31-,32+,33+,34+,35?,36?/m0/s1. The van der Waals surface area contributed by atoms with Gasteiger partial charge < -0.3 is 28.7 Å². The molecule has 8 aliphatic rings. The summed E-state index contributed by atoms with van der Waals surface area (Å²) < 4.78 is 24.5. The Morgan fingerprint density at radius 2 is 1.31 bits per heavy atom. The average Bonchev–Trinajstić information content (AvgIpc) is 3.65. The Bertz CT molecular complexity index is 1490. The van der Waals surface area contributed by atoms with Crippen LogP contribution in [0.15, 0.2) is 28.0 Å². The van der Waals surface area contributed by atoms with Gasteiger partial charge in [0.1, 0.15) is 23.0 Å². The highest BCUT2D eigenvalue weighted by atomic mass is 32.1. The number of thiol groups is 1. The molecule has 0 spiro atoms. The molecule has 4 aliphatic carbocycles. The first-order valence-electron chi connectivity index (χ1n) is 21.5. The van der Waals surface area contributed by atoms with Crippen LogP contribution in [0.5, 0.6) is 0 Å². The summed E-state index contributed by atoms with van der Waals surface area (Å²) in [5, 5.41) is 0. The van der Waals surface area contributed by atoms with Gasteiger partial charge in [-0.05, 0) is 83.5 Å². The van der Waals surface area contributed by atoms with Crippen LogP contribution in [0.2, 0.25) is 0 Å². The van der Waals surface area contributed by atoms with Crippen molar-refractivity contribution in [2.24, 2.45) is 28.7 Å². The van der Waals surface area contributed by atoms with E-state index in [1.54, 1.807) is 14.2 Å². The molecule has 2 saturated carbocycles. The van der Waals surface area contributed by atoms with Crippen molar-refractivity contribution < 1.29 is 28.5 Å². The van der Waals surface area contributed by atoms with Gasteiger partial charge >= 0.3 is 0 Å². The number of carbonyl (C=O) groups is 2. The van der Waals surface area contributed by atoms with Gasteiger partial charge in [-0.15, -0.1) is 0 Å². The largest absolute Gasteiger partial charge is 0.498 e. The normalized spacial score (nSPS) is 36.8. The van der Waals surface area contributed by atoms with Gasteiger partial charge in [0.05, 0.1) is 51.4 Å². The molecular weight excluding hydrogens is 701 g/mol. The van der Waals surface area contributed by atoms with Crippen molar-refractivity contribution in [1.29, 1.82) is 0 Å². The van der Waals surface area contributed by atoms with E-state index in [1.807, 2.05) is 0 Å². The number of hydrogen-bond acceptors (Lipinski definition) is 9. The topological polar surface area (TPSA) is 93.1 Å². The van der Waals surface area contributed by atoms with Gasteiger partial charge in [0.25, 0.3) is 0 Å². The molecular formula is C43H66N4O6S. The number of fused-ring (bicyclic) bond motifs is 8. The Labute approximate surface area is 329 Å². The number of hydrogen-bond donors (Lipinski definition) is 1. The molecule has 300 valence electrons. The number of methoxy groups -OCH3 is 2. The number of aliphatic imine (C=N–C) groups is 1. The molecule has 0 N–H and O–H groups in total. The fourth-order valence-corrected chi connectivity index (χ4v) is 12.2. The first-order valence-corrected chi connectivity index (χ1v) is 22.0. The molecule has 0 aromatic heterocycles. The molecule has 0 radical (unpaired) electrons. The van der Waals surface area contributed by atoms with Crippen molar-refractivity contribution in [3.8, 4) is 0 Å². The summed E-state index contributed by atoms with van der Waals surface area (Å²) in [6.07, 6.45) is 19.4. The van der Waals surface area contributed by atoms with E-state index in [-0.39, 0.29) is 40.6 Å². The van der Waals surface area contributed by atoms with E-state index in [9.17, 15) is 9.59 Å². The minimum atomic E-state index is -0.168. The van der Waals surface area contributed by atoms with Gasteiger partial charge in [-0.25, -0.2) is 0 Å². The van der Waals surface area contributed by atoms with Crippen LogP contribution in [0.3, 0.4) is 0 Å².